The Labute approximate surface area is 128 Å². The van der Waals surface area contributed by atoms with Gasteiger partial charge in [-0.2, -0.15) is 0 Å². The maximum absolute atomic E-state index is 11.6. The molecule has 22 heavy (non-hydrogen) atoms. The molecule has 3 rings (SSSR count). The number of rotatable bonds is 4. The van der Waals surface area contributed by atoms with Crippen LogP contribution >= 0.6 is 0 Å². The first-order valence-corrected chi connectivity index (χ1v) is 7.10. The van der Waals surface area contributed by atoms with Gasteiger partial charge in [0.15, 0.2) is 0 Å². The van der Waals surface area contributed by atoms with Gasteiger partial charge < -0.3 is 9.26 Å². The van der Waals surface area contributed by atoms with Gasteiger partial charge in [0.2, 0.25) is 0 Å². The fourth-order valence-corrected chi connectivity index (χ4v) is 2.17. The smallest absolute Gasteiger partial charge is 0.327 e. The van der Waals surface area contributed by atoms with Gasteiger partial charge in [-0.3, -0.25) is 4.79 Å². The molecular weight excluding hydrogens is 278 g/mol. The summed E-state index contributed by atoms with van der Waals surface area (Å²) >= 11 is 0. The van der Waals surface area contributed by atoms with Gasteiger partial charge in [0.05, 0.1) is 5.56 Å². The molecule has 1 heterocycles. The summed E-state index contributed by atoms with van der Waals surface area (Å²) < 4.78 is 10.6. The highest BCUT2D eigenvalue weighted by Gasteiger charge is 2.22. The second-order valence-corrected chi connectivity index (χ2v) is 4.75. The molecule has 0 saturated heterocycles. The molecule has 0 aliphatic heterocycles. The molecule has 0 fully saturated rings. The normalized spacial score (nSPS) is 10.4. The fraction of sp³-hybridized carbons (Fsp3) is 0.111. The first-order valence-electron chi connectivity index (χ1n) is 7.10. The molecule has 0 N–H and O–H groups in total. The molecule has 0 atom stereocenters. The van der Waals surface area contributed by atoms with Gasteiger partial charge in [0.1, 0.15) is 5.69 Å². The summed E-state index contributed by atoms with van der Waals surface area (Å²) in [7, 11) is 0. The molecule has 0 unspecified atom stereocenters. The fourth-order valence-electron chi connectivity index (χ4n) is 2.17. The van der Waals surface area contributed by atoms with Crippen molar-refractivity contribution < 1.29 is 14.1 Å². The molecule has 0 saturated carbocycles. The maximum Gasteiger partial charge on any atom is 0.327 e. The molecule has 0 spiro atoms. The molecule has 0 bridgehead atoms. The Morgan fingerprint density at radius 3 is 2.18 bits per heavy atom. The molecule has 4 nitrogen and oxygen atoms in total. The van der Waals surface area contributed by atoms with Crippen molar-refractivity contribution in [3.8, 4) is 28.3 Å². The van der Waals surface area contributed by atoms with Crippen LogP contribution in [0.2, 0.25) is 0 Å². The Bertz CT molecular complexity index is 764. The lowest BCUT2D eigenvalue weighted by atomic mass is 10.0. The first-order chi connectivity index (χ1) is 10.8. The van der Waals surface area contributed by atoms with Crippen LogP contribution in [0.4, 0.5) is 0 Å². The van der Waals surface area contributed by atoms with E-state index in [1.54, 1.807) is 6.92 Å². The average Bonchev–Trinajstić information content (AvgIpc) is 3.00. The number of aromatic nitrogens is 1. The van der Waals surface area contributed by atoms with Gasteiger partial charge in [-0.05, 0) is 5.56 Å². The Hall–Kier alpha value is -2.88. The standard InChI is InChI=1S/C18H15NO3/c1-2-15(20)21-18-16(13-9-5-3-6-10-13)17(19-22-18)14-11-7-4-8-12-14/h3-12H,2H2,1H3. The highest BCUT2D eigenvalue weighted by Crippen LogP contribution is 2.39. The molecule has 0 aliphatic carbocycles. The van der Waals surface area contributed by atoms with Crippen LogP contribution in [0, 0.1) is 0 Å². The number of carbonyl (C=O) groups excluding carboxylic acids is 1. The van der Waals surface area contributed by atoms with E-state index in [1.165, 1.54) is 0 Å². The molecular formula is C18H15NO3. The van der Waals surface area contributed by atoms with E-state index in [1.807, 2.05) is 60.7 Å². The van der Waals surface area contributed by atoms with Gasteiger partial charge in [0.25, 0.3) is 0 Å². The molecule has 4 heteroatoms. The second-order valence-electron chi connectivity index (χ2n) is 4.75. The highest BCUT2D eigenvalue weighted by atomic mass is 16.6. The van der Waals surface area contributed by atoms with Crippen LogP contribution in [0.1, 0.15) is 13.3 Å². The van der Waals surface area contributed by atoms with Crippen molar-refractivity contribution in [1.82, 2.24) is 5.16 Å². The van der Waals surface area contributed by atoms with Crippen molar-refractivity contribution in [2.24, 2.45) is 0 Å². The topological polar surface area (TPSA) is 52.3 Å². The zero-order chi connectivity index (χ0) is 15.4. The van der Waals surface area contributed by atoms with Crippen LogP contribution in [0.25, 0.3) is 22.4 Å². The van der Waals surface area contributed by atoms with Crippen LogP contribution in [-0.2, 0) is 4.79 Å². The largest absolute Gasteiger partial charge is 0.391 e. The molecule has 3 aromatic rings. The zero-order valence-electron chi connectivity index (χ0n) is 12.2. The third-order valence-electron chi connectivity index (χ3n) is 3.27. The lowest BCUT2D eigenvalue weighted by Crippen LogP contribution is -2.05. The first kappa shape index (κ1) is 14.1. The van der Waals surface area contributed by atoms with Crippen molar-refractivity contribution in [3.05, 3.63) is 60.7 Å². The summed E-state index contributed by atoms with van der Waals surface area (Å²) in [6, 6.07) is 19.3. The number of nitrogens with zero attached hydrogens (tertiary/aromatic N) is 1. The van der Waals surface area contributed by atoms with Crippen molar-refractivity contribution in [1.29, 1.82) is 0 Å². The number of carbonyl (C=O) groups is 1. The van der Waals surface area contributed by atoms with E-state index in [4.69, 9.17) is 9.26 Å². The van der Waals surface area contributed by atoms with E-state index in [0.29, 0.717) is 11.3 Å². The number of hydrogen-bond acceptors (Lipinski definition) is 4. The number of hydrogen-bond donors (Lipinski definition) is 0. The van der Waals surface area contributed by atoms with Gasteiger partial charge in [-0.25, -0.2) is 0 Å². The maximum atomic E-state index is 11.6. The summed E-state index contributed by atoms with van der Waals surface area (Å²) in [4.78, 5) is 11.6. The van der Waals surface area contributed by atoms with Gasteiger partial charge in [-0.1, -0.05) is 72.7 Å². The summed E-state index contributed by atoms with van der Waals surface area (Å²) in [6.07, 6.45) is 0.273. The zero-order valence-corrected chi connectivity index (χ0v) is 12.2. The average molecular weight is 293 g/mol. The van der Waals surface area contributed by atoms with Crippen LogP contribution in [-0.4, -0.2) is 11.1 Å². The summed E-state index contributed by atoms with van der Waals surface area (Å²) in [5, 5.41) is 4.10. The van der Waals surface area contributed by atoms with Crippen molar-refractivity contribution in [3.63, 3.8) is 0 Å². The third kappa shape index (κ3) is 2.76. The van der Waals surface area contributed by atoms with Gasteiger partial charge in [0, 0.05) is 12.0 Å². The van der Waals surface area contributed by atoms with Gasteiger partial charge >= 0.3 is 11.9 Å². The Morgan fingerprint density at radius 2 is 1.59 bits per heavy atom. The quantitative estimate of drug-likeness (QED) is 0.672. The van der Waals surface area contributed by atoms with Crippen molar-refractivity contribution in [2.45, 2.75) is 13.3 Å². The molecule has 0 radical (unpaired) electrons. The minimum absolute atomic E-state index is 0.136. The Kier molecular flexibility index (Phi) is 4.01. The molecule has 110 valence electrons. The summed E-state index contributed by atoms with van der Waals surface area (Å²) in [5.74, 6) is -0.218. The lowest BCUT2D eigenvalue weighted by Gasteiger charge is -2.04. The van der Waals surface area contributed by atoms with E-state index in [-0.39, 0.29) is 18.3 Å². The van der Waals surface area contributed by atoms with Crippen LogP contribution in [0.3, 0.4) is 0 Å². The minimum atomic E-state index is -0.354. The number of ether oxygens (including phenoxy) is 1. The monoisotopic (exact) mass is 293 g/mol. The van der Waals surface area contributed by atoms with Crippen LogP contribution < -0.4 is 4.74 Å². The number of benzene rings is 2. The van der Waals surface area contributed by atoms with Crippen molar-refractivity contribution in [2.75, 3.05) is 0 Å². The minimum Gasteiger partial charge on any atom is -0.391 e. The Balaban J connectivity index is 2.13. The van der Waals surface area contributed by atoms with E-state index in [0.717, 1.165) is 11.1 Å². The summed E-state index contributed by atoms with van der Waals surface area (Å²) in [5.41, 5.74) is 3.14. The third-order valence-corrected chi connectivity index (χ3v) is 3.27. The van der Waals surface area contributed by atoms with Crippen LogP contribution in [0.5, 0.6) is 5.95 Å². The van der Waals surface area contributed by atoms with Crippen LogP contribution in [0.15, 0.2) is 65.2 Å². The molecule has 2 aromatic carbocycles. The number of esters is 1. The second kappa shape index (κ2) is 6.26. The Morgan fingerprint density at radius 1 is 1.00 bits per heavy atom. The van der Waals surface area contributed by atoms with Crippen molar-refractivity contribution >= 4 is 5.97 Å². The molecule has 1 aromatic heterocycles. The SMILES string of the molecule is CCC(=O)Oc1onc(-c2ccccc2)c1-c1ccccc1. The van der Waals surface area contributed by atoms with Gasteiger partial charge in [-0.15, -0.1) is 0 Å². The van der Waals surface area contributed by atoms with E-state index >= 15 is 0 Å². The van der Waals surface area contributed by atoms with E-state index < -0.39 is 0 Å². The predicted octanol–water partition coefficient (Wildman–Crippen LogP) is 4.32. The molecule has 0 amide bonds. The highest BCUT2D eigenvalue weighted by molar-refractivity contribution is 5.85. The van der Waals surface area contributed by atoms with E-state index in [9.17, 15) is 4.79 Å². The van der Waals surface area contributed by atoms with E-state index in [2.05, 4.69) is 5.16 Å². The predicted molar refractivity (Wildman–Crippen MR) is 83.3 cm³/mol. The lowest BCUT2D eigenvalue weighted by molar-refractivity contribution is -0.135. The summed E-state index contributed by atoms with van der Waals surface area (Å²) in [6.45, 7) is 1.74. The molecule has 0 aliphatic rings.